The number of rotatable bonds is 6. The molecule has 2 N–H and O–H groups in total. The van der Waals surface area contributed by atoms with Crippen LogP contribution in [0.5, 0.6) is 0 Å². The van der Waals surface area contributed by atoms with Crippen molar-refractivity contribution in [1.29, 1.82) is 0 Å². The van der Waals surface area contributed by atoms with Crippen molar-refractivity contribution in [2.45, 2.75) is 58.7 Å². The summed E-state index contributed by atoms with van der Waals surface area (Å²) in [5.41, 5.74) is 2.24. The Labute approximate surface area is 144 Å². The zero-order valence-corrected chi connectivity index (χ0v) is 14.8. The van der Waals surface area contributed by atoms with Crippen molar-refractivity contribution < 1.29 is 14.7 Å². The summed E-state index contributed by atoms with van der Waals surface area (Å²) in [6.45, 7) is 6.49. The molecule has 0 saturated carbocycles. The molecule has 1 aromatic rings. The number of hydrogen-bond acceptors (Lipinski definition) is 3. The fourth-order valence-corrected chi connectivity index (χ4v) is 2.97. The average Bonchev–Trinajstić information content (AvgIpc) is 2.58. The molecule has 1 aliphatic rings. The molecule has 5 heteroatoms. The van der Waals surface area contributed by atoms with Gasteiger partial charge >= 0.3 is 0 Å². The van der Waals surface area contributed by atoms with E-state index in [-0.39, 0.29) is 17.7 Å². The molecule has 1 aliphatic heterocycles. The maximum absolute atomic E-state index is 12.7. The number of benzene rings is 1. The predicted molar refractivity (Wildman–Crippen MR) is 93.2 cm³/mol. The normalized spacial score (nSPS) is 19.3. The number of nitrogens with zero attached hydrogens (tertiary/aromatic N) is 1. The Balaban J connectivity index is 2.17. The topological polar surface area (TPSA) is 69.6 Å². The summed E-state index contributed by atoms with van der Waals surface area (Å²) in [4.78, 5) is 27.1. The van der Waals surface area contributed by atoms with Crippen LogP contribution in [0.15, 0.2) is 24.3 Å². The SMILES string of the molecule is CCC(C)C(=O)N1Cc2ccccc2CC1C(=O)NCCC(C)O. The molecule has 1 aromatic carbocycles. The van der Waals surface area contributed by atoms with E-state index in [2.05, 4.69) is 5.32 Å². The first kappa shape index (κ1) is 18.5. The van der Waals surface area contributed by atoms with Crippen molar-refractivity contribution in [3.05, 3.63) is 35.4 Å². The van der Waals surface area contributed by atoms with Gasteiger partial charge in [-0.1, -0.05) is 38.1 Å². The molecule has 0 aliphatic carbocycles. The summed E-state index contributed by atoms with van der Waals surface area (Å²) in [6, 6.07) is 7.50. The molecule has 0 bridgehead atoms. The molecular weight excluding hydrogens is 304 g/mol. The van der Waals surface area contributed by atoms with E-state index >= 15 is 0 Å². The standard InChI is InChI=1S/C19H28N2O3/c1-4-13(2)19(24)21-12-16-8-6-5-7-15(16)11-17(21)18(23)20-10-9-14(3)22/h5-8,13-14,17,22H,4,9-12H2,1-3H3,(H,20,23). The Kier molecular flexibility index (Phi) is 6.37. The first-order valence-electron chi connectivity index (χ1n) is 8.77. The summed E-state index contributed by atoms with van der Waals surface area (Å²) in [6.07, 6.45) is 1.36. The van der Waals surface area contributed by atoms with Gasteiger partial charge in [-0.15, -0.1) is 0 Å². The van der Waals surface area contributed by atoms with Gasteiger partial charge in [-0.05, 0) is 30.9 Å². The highest BCUT2D eigenvalue weighted by atomic mass is 16.3. The van der Waals surface area contributed by atoms with Crippen LogP contribution < -0.4 is 5.32 Å². The van der Waals surface area contributed by atoms with Gasteiger partial charge in [-0.25, -0.2) is 0 Å². The van der Waals surface area contributed by atoms with E-state index in [1.807, 2.05) is 38.1 Å². The van der Waals surface area contributed by atoms with Crippen molar-refractivity contribution in [3.8, 4) is 0 Å². The Hall–Kier alpha value is -1.88. The van der Waals surface area contributed by atoms with E-state index in [0.717, 1.165) is 17.5 Å². The highest BCUT2D eigenvalue weighted by Crippen LogP contribution is 2.25. The number of hydrogen-bond donors (Lipinski definition) is 2. The van der Waals surface area contributed by atoms with Crippen LogP contribution in [0, 0.1) is 5.92 Å². The van der Waals surface area contributed by atoms with Crippen LogP contribution in [-0.2, 0) is 22.6 Å². The Morgan fingerprint density at radius 3 is 2.58 bits per heavy atom. The van der Waals surface area contributed by atoms with Gasteiger partial charge in [0.15, 0.2) is 0 Å². The summed E-state index contributed by atoms with van der Waals surface area (Å²) in [5, 5.41) is 12.2. The molecule has 5 nitrogen and oxygen atoms in total. The molecule has 0 spiro atoms. The van der Waals surface area contributed by atoms with Crippen LogP contribution in [-0.4, -0.2) is 40.5 Å². The van der Waals surface area contributed by atoms with E-state index in [0.29, 0.717) is 25.9 Å². The van der Waals surface area contributed by atoms with Gasteiger partial charge in [0, 0.05) is 25.4 Å². The van der Waals surface area contributed by atoms with Crippen molar-refractivity contribution >= 4 is 11.8 Å². The van der Waals surface area contributed by atoms with E-state index in [1.165, 1.54) is 0 Å². The Morgan fingerprint density at radius 2 is 1.96 bits per heavy atom. The lowest BCUT2D eigenvalue weighted by Gasteiger charge is -2.37. The summed E-state index contributed by atoms with van der Waals surface area (Å²) < 4.78 is 0. The van der Waals surface area contributed by atoms with E-state index in [9.17, 15) is 14.7 Å². The molecule has 3 atom stereocenters. The minimum atomic E-state index is -0.476. The number of nitrogens with one attached hydrogen (secondary N) is 1. The predicted octanol–water partition coefficient (Wildman–Crippen LogP) is 1.87. The van der Waals surface area contributed by atoms with Crippen LogP contribution in [0.1, 0.15) is 44.7 Å². The fraction of sp³-hybridized carbons (Fsp3) is 0.579. The summed E-state index contributed by atoms with van der Waals surface area (Å²) >= 11 is 0. The fourth-order valence-electron chi connectivity index (χ4n) is 2.97. The van der Waals surface area contributed by atoms with Crippen LogP contribution >= 0.6 is 0 Å². The molecule has 2 rings (SSSR count). The lowest BCUT2D eigenvalue weighted by atomic mass is 9.92. The molecule has 1 heterocycles. The second-order valence-corrected chi connectivity index (χ2v) is 6.69. The maximum Gasteiger partial charge on any atom is 0.243 e. The molecule has 0 aromatic heterocycles. The largest absolute Gasteiger partial charge is 0.393 e. The third-order valence-corrected chi connectivity index (χ3v) is 4.73. The minimum absolute atomic E-state index is 0.0303. The molecular formula is C19H28N2O3. The lowest BCUT2D eigenvalue weighted by Crippen LogP contribution is -2.54. The van der Waals surface area contributed by atoms with Gasteiger partial charge in [-0.3, -0.25) is 9.59 Å². The van der Waals surface area contributed by atoms with E-state index in [4.69, 9.17) is 0 Å². The second kappa shape index (κ2) is 8.29. The third-order valence-electron chi connectivity index (χ3n) is 4.73. The number of aliphatic hydroxyl groups excluding tert-OH is 1. The molecule has 2 amide bonds. The van der Waals surface area contributed by atoms with Gasteiger partial charge in [0.25, 0.3) is 0 Å². The summed E-state index contributed by atoms with van der Waals surface area (Å²) in [5.74, 6) is -0.201. The van der Waals surface area contributed by atoms with Gasteiger partial charge in [0.1, 0.15) is 6.04 Å². The van der Waals surface area contributed by atoms with Gasteiger partial charge in [0.05, 0.1) is 6.10 Å². The van der Waals surface area contributed by atoms with Crippen molar-refractivity contribution in [3.63, 3.8) is 0 Å². The van der Waals surface area contributed by atoms with Crippen LogP contribution in [0.2, 0.25) is 0 Å². The van der Waals surface area contributed by atoms with E-state index in [1.54, 1.807) is 11.8 Å². The zero-order valence-electron chi connectivity index (χ0n) is 14.8. The Morgan fingerprint density at radius 1 is 1.29 bits per heavy atom. The average molecular weight is 332 g/mol. The lowest BCUT2D eigenvalue weighted by molar-refractivity contribution is -0.144. The molecule has 0 radical (unpaired) electrons. The quantitative estimate of drug-likeness (QED) is 0.835. The second-order valence-electron chi connectivity index (χ2n) is 6.69. The highest BCUT2D eigenvalue weighted by molar-refractivity contribution is 5.89. The van der Waals surface area contributed by atoms with Crippen molar-refractivity contribution in [2.24, 2.45) is 5.92 Å². The van der Waals surface area contributed by atoms with Gasteiger partial charge in [-0.2, -0.15) is 0 Å². The zero-order chi connectivity index (χ0) is 17.7. The Bertz CT molecular complexity index is 586. The van der Waals surface area contributed by atoms with Crippen molar-refractivity contribution in [2.75, 3.05) is 6.54 Å². The molecule has 0 saturated heterocycles. The molecule has 24 heavy (non-hydrogen) atoms. The first-order valence-corrected chi connectivity index (χ1v) is 8.77. The number of amides is 2. The van der Waals surface area contributed by atoms with Gasteiger partial charge in [0.2, 0.25) is 11.8 Å². The highest BCUT2D eigenvalue weighted by Gasteiger charge is 2.35. The maximum atomic E-state index is 12.7. The molecule has 132 valence electrons. The monoisotopic (exact) mass is 332 g/mol. The first-order chi connectivity index (χ1) is 11.4. The molecule has 0 fully saturated rings. The summed E-state index contributed by atoms with van der Waals surface area (Å²) in [7, 11) is 0. The smallest absolute Gasteiger partial charge is 0.243 e. The number of aliphatic hydroxyl groups is 1. The third kappa shape index (κ3) is 4.35. The van der Waals surface area contributed by atoms with Gasteiger partial charge < -0.3 is 15.3 Å². The number of carbonyl (C=O) groups is 2. The van der Waals surface area contributed by atoms with Crippen LogP contribution in [0.25, 0.3) is 0 Å². The number of fused-ring (bicyclic) bond motifs is 1. The van der Waals surface area contributed by atoms with Crippen molar-refractivity contribution in [1.82, 2.24) is 10.2 Å². The molecule has 3 unspecified atom stereocenters. The minimum Gasteiger partial charge on any atom is -0.393 e. The van der Waals surface area contributed by atoms with E-state index < -0.39 is 12.1 Å². The number of carbonyl (C=O) groups excluding carboxylic acids is 2. The van der Waals surface area contributed by atoms with Crippen LogP contribution in [0.4, 0.5) is 0 Å². The van der Waals surface area contributed by atoms with Crippen LogP contribution in [0.3, 0.4) is 0 Å².